The number of carbonyl (C=O) groups is 2. The van der Waals surface area contributed by atoms with E-state index in [1.54, 1.807) is 43.5 Å². The Labute approximate surface area is 249 Å². The van der Waals surface area contributed by atoms with Crippen LogP contribution in [0.4, 0.5) is 5.00 Å². The molecule has 40 heavy (non-hydrogen) atoms. The first-order valence-corrected chi connectivity index (χ1v) is 14.5. The summed E-state index contributed by atoms with van der Waals surface area (Å²) < 4.78 is 16.5. The van der Waals surface area contributed by atoms with Crippen LogP contribution in [-0.4, -0.2) is 26.1 Å². The minimum Gasteiger partial charge on any atom is -0.493 e. The van der Waals surface area contributed by atoms with Gasteiger partial charge in [-0.15, -0.1) is 11.3 Å². The summed E-state index contributed by atoms with van der Waals surface area (Å²) in [6.45, 7) is 6.91. The van der Waals surface area contributed by atoms with Gasteiger partial charge in [0.2, 0.25) is 5.91 Å². The zero-order valence-corrected chi connectivity index (χ0v) is 25.6. The van der Waals surface area contributed by atoms with Gasteiger partial charge in [0.1, 0.15) is 11.6 Å². The number of nitrogens with one attached hydrogen (secondary N) is 1. The largest absolute Gasteiger partial charge is 0.493 e. The van der Waals surface area contributed by atoms with Crippen molar-refractivity contribution in [2.75, 3.05) is 19.5 Å². The second-order valence-electron chi connectivity index (χ2n) is 10.7. The van der Waals surface area contributed by atoms with Gasteiger partial charge >= 0.3 is 5.97 Å². The van der Waals surface area contributed by atoms with Crippen molar-refractivity contribution in [3.05, 3.63) is 79.7 Å². The van der Waals surface area contributed by atoms with E-state index >= 15 is 0 Å². The zero-order valence-electron chi connectivity index (χ0n) is 23.2. The topological polar surface area (TPSA) is 73.9 Å². The number of thiophene rings is 1. The van der Waals surface area contributed by atoms with Gasteiger partial charge in [0.05, 0.1) is 19.8 Å². The first-order valence-electron chi connectivity index (χ1n) is 13.0. The van der Waals surface area contributed by atoms with Crippen molar-refractivity contribution in [2.45, 2.75) is 46.6 Å². The number of anilines is 1. The summed E-state index contributed by atoms with van der Waals surface area (Å²) in [5.41, 5.74) is 3.06. The molecule has 0 spiro atoms. The third-order valence-electron chi connectivity index (χ3n) is 7.16. The molecular weight excluding hydrogens is 569 g/mol. The van der Waals surface area contributed by atoms with Gasteiger partial charge in [0.25, 0.3) is 0 Å². The maximum absolute atomic E-state index is 12.9. The number of carbonyl (C=O) groups excluding carboxylic acids is 2. The van der Waals surface area contributed by atoms with Crippen LogP contribution in [0.25, 0.3) is 6.08 Å². The van der Waals surface area contributed by atoms with Crippen LogP contribution in [-0.2, 0) is 29.0 Å². The van der Waals surface area contributed by atoms with Gasteiger partial charge in [-0.2, -0.15) is 0 Å². The molecule has 1 atom stereocenters. The summed E-state index contributed by atoms with van der Waals surface area (Å²) in [7, 11) is 2.91. The lowest BCUT2D eigenvalue weighted by atomic mass is 9.72. The molecule has 9 heteroatoms. The zero-order chi connectivity index (χ0) is 29.0. The molecule has 212 valence electrons. The molecule has 3 aromatic rings. The second-order valence-corrected chi connectivity index (χ2v) is 12.6. The van der Waals surface area contributed by atoms with Gasteiger partial charge in [-0.1, -0.05) is 56.1 Å². The summed E-state index contributed by atoms with van der Waals surface area (Å²) >= 11 is 14.0. The van der Waals surface area contributed by atoms with Crippen molar-refractivity contribution < 1.29 is 23.8 Å². The van der Waals surface area contributed by atoms with Crippen LogP contribution in [0.5, 0.6) is 11.5 Å². The summed E-state index contributed by atoms with van der Waals surface area (Å²) in [5.74, 6) is 0.753. The molecule has 6 nitrogen and oxygen atoms in total. The number of halogens is 2. The number of benzene rings is 2. The number of amides is 1. The van der Waals surface area contributed by atoms with Crippen LogP contribution >= 0.6 is 34.5 Å². The van der Waals surface area contributed by atoms with Crippen LogP contribution < -0.4 is 14.8 Å². The molecule has 0 fully saturated rings. The monoisotopic (exact) mass is 601 g/mol. The Morgan fingerprint density at radius 2 is 1.82 bits per heavy atom. The Kier molecular flexibility index (Phi) is 9.49. The summed E-state index contributed by atoms with van der Waals surface area (Å²) in [4.78, 5) is 26.7. The molecule has 4 rings (SSSR count). The number of hydrogen-bond donors (Lipinski definition) is 1. The van der Waals surface area contributed by atoms with E-state index in [0.29, 0.717) is 43.6 Å². The Balaban J connectivity index is 1.48. The summed E-state index contributed by atoms with van der Waals surface area (Å²) in [6.07, 6.45) is 5.78. The molecular formula is C31H33Cl2NO5S. The molecule has 1 unspecified atom stereocenters. The highest BCUT2D eigenvalue weighted by Gasteiger charge is 2.34. The summed E-state index contributed by atoms with van der Waals surface area (Å²) in [6, 6.07) is 10.6. The molecule has 1 aliphatic carbocycles. The fourth-order valence-electron chi connectivity index (χ4n) is 4.78. The van der Waals surface area contributed by atoms with E-state index in [-0.39, 0.29) is 17.9 Å². The molecule has 0 saturated heterocycles. The van der Waals surface area contributed by atoms with Crippen molar-refractivity contribution in [1.29, 1.82) is 0 Å². The van der Waals surface area contributed by atoms with Crippen molar-refractivity contribution in [1.82, 2.24) is 0 Å². The van der Waals surface area contributed by atoms with Crippen LogP contribution in [0.3, 0.4) is 0 Å². The molecule has 0 radical (unpaired) electrons. The number of hydrogen-bond acceptors (Lipinski definition) is 6. The highest BCUT2D eigenvalue weighted by atomic mass is 35.5. The lowest BCUT2D eigenvalue weighted by Gasteiger charge is -2.33. The number of rotatable bonds is 8. The Morgan fingerprint density at radius 3 is 2.48 bits per heavy atom. The standard InChI is InChI=1S/C31H33Cl2NO5S/c1-31(2,3)19-11-12-20-26(16-19)40-29(28(20)30(36)38-5)34-27(35)14-10-18-9-13-24(25(15-18)37-4)39-17-21-22(32)7-6-8-23(21)33/h6-10,13-15,19H,11-12,16-17H2,1-5H3,(H,34,35)/b14-10+. The van der Waals surface area contributed by atoms with Crippen molar-refractivity contribution in [3.63, 3.8) is 0 Å². The minimum absolute atomic E-state index is 0.169. The molecule has 0 saturated carbocycles. The molecule has 1 amide bonds. The predicted octanol–water partition coefficient (Wildman–Crippen LogP) is 8.23. The Bertz CT molecular complexity index is 1420. The average Bonchev–Trinajstić information content (AvgIpc) is 3.28. The Hall–Kier alpha value is -3.00. The lowest BCUT2D eigenvalue weighted by Crippen LogP contribution is -2.26. The smallest absolute Gasteiger partial charge is 0.341 e. The SMILES string of the molecule is COC(=O)c1c(NC(=O)/C=C/c2ccc(OCc3c(Cl)cccc3Cl)c(OC)c2)sc2c1CCC(C(C)(C)C)C2. The van der Waals surface area contributed by atoms with E-state index in [9.17, 15) is 9.59 Å². The van der Waals surface area contributed by atoms with E-state index in [2.05, 4.69) is 26.1 Å². The van der Waals surface area contributed by atoms with Gasteiger partial charge in [-0.05, 0) is 72.1 Å². The number of ether oxygens (including phenoxy) is 3. The van der Waals surface area contributed by atoms with Crippen LogP contribution in [0.1, 0.15) is 59.1 Å². The van der Waals surface area contributed by atoms with Crippen LogP contribution in [0.2, 0.25) is 10.0 Å². The van der Waals surface area contributed by atoms with E-state index in [1.807, 2.05) is 6.07 Å². The van der Waals surface area contributed by atoms with E-state index in [1.165, 1.54) is 24.5 Å². The maximum atomic E-state index is 12.9. The number of fused-ring (bicyclic) bond motifs is 1. The second kappa shape index (κ2) is 12.7. The summed E-state index contributed by atoms with van der Waals surface area (Å²) in [5, 5.41) is 4.48. The van der Waals surface area contributed by atoms with E-state index < -0.39 is 5.97 Å². The number of esters is 1. The van der Waals surface area contributed by atoms with E-state index in [0.717, 1.165) is 35.3 Å². The van der Waals surface area contributed by atoms with Crippen molar-refractivity contribution in [3.8, 4) is 11.5 Å². The van der Waals surface area contributed by atoms with Gasteiger partial charge in [0.15, 0.2) is 11.5 Å². The fourth-order valence-corrected chi connectivity index (χ4v) is 6.61. The fraction of sp³-hybridized carbons (Fsp3) is 0.355. The normalized spacial score (nSPS) is 15.0. The third-order valence-corrected chi connectivity index (χ3v) is 9.04. The lowest BCUT2D eigenvalue weighted by molar-refractivity contribution is -0.111. The number of methoxy groups -OCH3 is 2. The minimum atomic E-state index is -0.426. The average molecular weight is 603 g/mol. The first kappa shape index (κ1) is 30.0. The van der Waals surface area contributed by atoms with Crippen molar-refractivity contribution in [2.24, 2.45) is 11.3 Å². The molecule has 1 heterocycles. The Morgan fingerprint density at radius 1 is 1.10 bits per heavy atom. The van der Waals surface area contributed by atoms with Gasteiger partial charge in [0, 0.05) is 26.6 Å². The molecule has 2 aromatic carbocycles. The van der Waals surface area contributed by atoms with E-state index in [4.69, 9.17) is 37.4 Å². The highest BCUT2D eigenvalue weighted by Crippen LogP contribution is 2.44. The first-order chi connectivity index (χ1) is 19.0. The maximum Gasteiger partial charge on any atom is 0.341 e. The molecule has 0 bridgehead atoms. The molecule has 1 aromatic heterocycles. The predicted molar refractivity (Wildman–Crippen MR) is 162 cm³/mol. The van der Waals surface area contributed by atoms with Crippen LogP contribution in [0.15, 0.2) is 42.5 Å². The molecule has 1 N–H and O–H groups in total. The molecule has 0 aliphatic heterocycles. The third kappa shape index (κ3) is 6.82. The van der Waals surface area contributed by atoms with Gasteiger partial charge in [-0.3, -0.25) is 4.79 Å². The quantitative estimate of drug-likeness (QED) is 0.208. The highest BCUT2D eigenvalue weighted by molar-refractivity contribution is 7.17. The van der Waals surface area contributed by atoms with Crippen molar-refractivity contribution >= 4 is 57.5 Å². The van der Waals surface area contributed by atoms with Crippen LogP contribution in [0, 0.1) is 11.3 Å². The molecule has 1 aliphatic rings. The van der Waals surface area contributed by atoms with Gasteiger partial charge < -0.3 is 19.5 Å². The van der Waals surface area contributed by atoms with Gasteiger partial charge in [-0.25, -0.2) is 4.79 Å².